The van der Waals surface area contributed by atoms with E-state index in [0.29, 0.717) is 12.6 Å². The van der Waals surface area contributed by atoms with Crippen molar-refractivity contribution < 1.29 is 4.74 Å². The van der Waals surface area contributed by atoms with Crippen molar-refractivity contribution in [3.63, 3.8) is 0 Å². The quantitative estimate of drug-likeness (QED) is 0.759. The van der Waals surface area contributed by atoms with Gasteiger partial charge in [-0.15, -0.1) is 0 Å². The van der Waals surface area contributed by atoms with Crippen LogP contribution >= 0.6 is 0 Å². The molecule has 0 bridgehead atoms. The highest BCUT2D eigenvalue weighted by atomic mass is 16.5. The van der Waals surface area contributed by atoms with Crippen LogP contribution in [0.3, 0.4) is 0 Å². The summed E-state index contributed by atoms with van der Waals surface area (Å²) in [4.78, 5) is 0. The summed E-state index contributed by atoms with van der Waals surface area (Å²) in [5.74, 6) is 0. The maximum atomic E-state index is 5.17. The highest BCUT2D eigenvalue weighted by Crippen LogP contribution is 2.07. The van der Waals surface area contributed by atoms with E-state index < -0.39 is 0 Å². The first kappa shape index (κ1) is 13.2. The molecule has 4 heteroatoms. The van der Waals surface area contributed by atoms with Crippen LogP contribution in [-0.2, 0) is 24.1 Å². The molecule has 0 fully saturated rings. The molecule has 0 saturated heterocycles. The van der Waals surface area contributed by atoms with Crippen LogP contribution in [0.5, 0.6) is 0 Å². The van der Waals surface area contributed by atoms with E-state index >= 15 is 0 Å². The Kier molecular flexibility index (Phi) is 5.49. The molecule has 16 heavy (non-hydrogen) atoms. The van der Waals surface area contributed by atoms with E-state index in [4.69, 9.17) is 4.74 Å². The van der Waals surface area contributed by atoms with E-state index in [9.17, 15) is 0 Å². The Hall–Kier alpha value is -0.870. The monoisotopic (exact) mass is 225 g/mol. The van der Waals surface area contributed by atoms with E-state index in [1.165, 1.54) is 11.4 Å². The van der Waals surface area contributed by atoms with Crippen molar-refractivity contribution in [1.82, 2.24) is 15.1 Å². The van der Waals surface area contributed by atoms with E-state index in [2.05, 4.69) is 35.0 Å². The van der Waals surface area contributed by atoms with Crippen molar-refractivity contribution >= 4 is 0 Å². The lowest BCUT2D eigenvalue weighted by Crippen LogP contribution is -2.35. The van der Waals surface area contributed by atoms with Gasteiger partial charge in [0, 0.05) is 18.8 Å². The molecule has 1 unspecified atom stereocenters. The SMILES string of the molecule is CCc1cc(CC)n(CC(COC)NC)n1. The molecular weight excluding hydrogens is 202 g/mol. The summed E-state index contributed by atoms with van der Waals surface area (Å²) in [7, 11) is 3.69. The summed E-state index contributed by atoms with van der Waals surface area (Å²) < 4.78 is 7.27. The van der Waals surface area contributed by atoms with Crippen LogP contribution in [0.1, 0.15) is 25.2 Å². The van der Waals surface area contributed by atoms with Crippen molar-refractivity contribution in [2.24, 2.45) is 0 Å². The maximum Gasteiger partial charge on any atom is 0.0633 e. The van der Waals surface area contributed by atoms with Crippen LogP contribution in [-0.4, -0.2) is 36.6 Å². The van der Waals surface area contributed by atoms with Gasteiger partial charge in [-0.3, -0.25) is 4.68 Å². The molecule has 1 N–H and O–H groups in total. The highest BCUT2D eigenvalue weighted by molar-refractivity contribution is 5.10. The maximum absolute atomic E-state index is 5.17. The van der Waals surface area contributed by atoms with Crippen LogP contribution in [0, 0.1) is 0 Å². The largest absolute Gasteiger partial charge is 0.383 e. The number of rotatable bonds is 7. The molecule has 4 nitrogen and oxygen atoms in total. The lowest BCUT2D eigenvalue weighted by Gasteiger charge is -2.16. The third-order valence-corrected chi connectivity index (χ3v) is 2.81. The van der Waals surface area contributed by atoms with Crippen molar-refractivity contribution in [1.29, 1.82) is 0 Å². The minimum atomic E-state index is 0.319. The number of aryl methyl sites for hydroxylation is 2. The Balaban J connectivity index is 2.73. The first-order valence-electron chi connectivity index (χ1n) is 5.96. The van der Waals surface area contributed by atoms with Crippen molar-refractivity contribution in [3.05, 3.63) is 17.5 Å². The Labute approximate surface area is 98.0 Å². The molecule has 1 atom stereocenters. The molecule has 0 aliphatic carbocycles. The average molecular weight is 225 g/mol. The fraction of sp³-hybridized carbons (Fsp3) is 0.750. The molecule has 1 heterocycles. The standard InChI is InChI=1S/C12H23N3O/c1-5-10-7-12(6-2)15(14-10)8-11(13-3)9-16-4/h7,11,13H,5-6,8-9H2,1-4H3. The number of nitrogens with zero attached hydrogens (tertiary/aromatic N) is 2. The predicted molar refractivity (Wildman–Crippen MR) is 65.7 cm³/mol. The summed E-state index contributed by atoms with van der Waals surface area (Å²) >= 11 is 0. The predicted octanol–water partition coefficient (Wildman–Crippen LogP) is 1.24. The number of nitrogens with one attached hydrogen (secondary N) is 1. The van der Waals surface area contributed by atoms with Gasteiger partial charge in [0.05, 0.1) is 18.8 Å². The van der Waals surface area contributed by atoms with Crippen LogP contribution in [0.4, 0.5) is 0 Å². The zero-order valence-corrected chi connectivity index (χ0v) is 10.8. The molecule has 0 aromatic carbocycles. The lowest BCUT2D eigenvalue weighted by molar-refractivity contribution is 0.160. The molecule has 0 amide bonds. The Morgan fingerprint density at radius 3 is 2.69 bits per heavy atom. The summed E-state index contributed by atoms with van der Waals surface area (Å²) in [6, 6.07) is 2.51. The number of ether oxygens (including phenoxy) is 1. The number of aromatic nitrogens is 2. The van der Waals surface area contributed by atoms with Crippen LogP contribution < -0.4 is 5.32 Å². The first-order valence-corrected chi connectivity index (χ1v) is 5.96. The van der Waals surface area contributed by atoms with E-state index in [1.54, 1.807) is 7.11 Å². The van der Waals surface area contributed by atoms with Crippen molar-refractivity contribution in [3.8, 4) is 0 Å². The van der Waals surface area contributed by atoms with Gasteiger partial charge < -0.3 is 10.1 Å². The van der Waals surface area contributed by atoms with E-state index in [0.717, 1.165) is 19.4 Å². The smallest absolute Gasteiger partial charge is 0.0633 e. The van der Waals surface area contributed by atoms with Gasteiger partial charge in [0.25, 0.3) is 0 Å². The van der Waals surface area contributed by atoms with Crippen LogP contribution in [0.25, 0.3) is 0 Å². The number of methoxy groups -OCH3 is 1. The van der Waals surface area contributed by atoms with Gasteiger partial charge in [0.1, 0.15) is 0 Å². The second-order valence-corrected chi connectivity index (χ2v) is 3.96. The number of likely N-dealkylation sites (N-methyl/N-ethyl adjacent to an activating group) is 1. The van der Waals surface area contributed by atoms with E-state index in [-0.39, 0.29) is 0 Å². The van der Waals surface area contributed by atoms with Crippen LogP contribution in [0.15, 0.2) is 6.07 Å². The Morgan fingerprint density at radius 1 is 1.44 bits per heavy atom. The van der Waals surface area contributed by atoms with Crippen molar-refractivity contribution in [2.45, 2.75) is 39.3 Å². The fourth-order valence-electron chi connectivity index (χ4n) is 1.77. The molecule has 0 saturated carbocycles. The topological polar surface area (TPSA) is 39.1 Å². The third kappa shape index (κ3) is 3.32. The second kappa shape index (κ2) is 6.66. The Bertz CT molecular complexity index is 309. The normalized spacial score (nSPS) is 13.0. The van der Waals surface area contributed by atoms with Gasteiger partial charge >= 0.3 is 0 Å². The summed E-state index contributed by atoms with van der Waals surface area (Å²) in [5, 5.41) is 7.83. The van der Waals surface area contributed by atoms with E-state index in [1.807, 2.05) is 7.05 Å². The fourth-order valence-corrected chi connectivity index (χ4v) is 1.77. The molecule has 0 radical (unpaired) electrons. The summed E-state index contributed by atoms with van der Waals surface area (Å²) in [5.41, 5.74) is 2.47. The van der Waals surface area contributed by atoms with Gasteiger partial charge in [-0.25, -0.2) is 0 Å². The summed E-state index contributed by atoms with van der Waals surface area (Å²) in [6.07, 6.45) is 2.02. The van der Waals surface area contributed by atoms with Gasteiger partial charge in [-0.05, 0) is 26.0 Å². The zero-order chi connectivity index (χ0) is 12.0. The van der Waals surface area contributed by atoms with Crippen molar-refractivity contribution in [2.75, 3.05) is 20.8 Å². The van der Waals surface area contributed by atoms with Crippen LogP contribution in [0.2, 0.25) is 0 Å². The third-order valence-electron chi connectivity index (χ3n) is 2.81. The minimum absolute atomic E-state index is 0.319. The van der Waals surface area contributed by atoms with Gasteiger partial charge in [-0.1, -0.05) is 13.8 Å². The highest BCUT2D eigenvalue weighted by Gasteiger charge is 2.11. The molecule has 0 aliphatic rings. The molecule has 92 valence electrons. The van der Waals surface area contributed by atoms with Gasteiger partial charge in [-0.2, -0.15) is 5.10 Å². The molecule has 1 rings (SSSR count). The summed E-state index contributed by atoms with van der Waals surface area (Å²) in [6.45, 7) is 5.88. The van der Waals surface area contributed by atoms with Gasteiger partial charge in [0.15, 0.2) is 0 Å². The van der Waals surface area contributed by atoms with Gasteiger partial charge in [0.2, 0.25) is 0 Å². The number of hydrogen-bond acceptors (Lipinski definition) is 3. The Morgan fingerprint density at radius 2 is 2.19 bits per heavy atom. The molecule has 1 aromatic rings. The molecule has 1 aromatic heterocycles. The number of hydrogen-bond donors (Lipinski definition) is 1. The molecular formula is C12H23N3O. The minimum Gasteiger partial charge on any atom is -0.383 e. The molecule has 0 spiro atoms. The zero-order valence-electron chi connectivity index (χ0n) is 10.8. The first-order chi connectivity index (χ1) is 7.74. The molecule has 0 aliphatic heterocycles. The average Bonchev–Trinajstić information content (AvgIpc) is 2.70. The second-order valence-electron chi connectivity index (χ2n) is 3.96. The lowest BCUT2D eigenvalue weighted by atomic mass is 10.2.